The minimum atomic E-state index is -0.456. The van der Waals surface area contributed by atoms with Gasteiger partial charge in [-0.1, -0.05) is 17.0 Å². The molecule has 0 fully saturated rings. The Morgan fingerprint density at radius 1 is 1.60 bits per heavy atom. The largest absolute Gasteiger partial charge is 0.497 e. The van der Waals surface area contributed by atoms with Gasteiger partial charge in [0.1, 0.15) is 11.6 Å². The van der Waals surface area contributed by atoms with Crippen molar-refractivity contribution in [2.75, 3.05) is 13.7 Å². The quantitative estimate of drug-likeness (QED) is 0.316. The van der Waals surface area contributed by atoms with Crippen molar-refractivity contribution in [1.29, 1.82) is 0 Å². The van der Waals surface area contributed by atoms with Crippen molar-refractivity contribution in [2.45, 2.75) is 0 Å². The first kappa shape index (κ1) is 10.9. The molecule has 0 atom stereocenters. The number of nitrogens with zero attached hydrogens (tertiary/aromatic N) is 3. The molecular weight excluding hydrogens is 197 g/mol. The first-order valence-electron chi connectivity index (χ1n) is 4.11. The number of benzene rings is 1. The van der Waals surface area contributed by atoms with Gasteiger partial charge in [-0.15, -0.1) is 0 Å². The molecule has 15 heavy (non-hydrogen) atoms. The summed E-state index contributed by atoms with van der Waals surface area (Å²) in [5.74, 6) is 5.07. The van der Waals surface area contributed by atoms with Crippen molar-refractivity contribution in [3.05, 3.63) is 40.0 Å². The molecule has 1 rings (SSSR count). The average Bonchev–Trinajstić information content (AvgIpc) is 2.26. The van der Waals surface area contributed by atoms with Crippen LogP contribution in [0.2, 0.25) is 0 Å². The van der Waals surface area contributed by atoms with E-state index in [9.17, 15) is 4.39 Å². The number of rotatable bonds is 2. The van der Waals surface area contributed by atoms with Crippen LogP contribution in [0.25, 0.3) is 10.4 Å². The first-order valence-corrected chi connectivity index (χ1v) is 4.11. The van der Waals surface area contributed by atoms with Crippen LogP contribution in [0.1, 0.15) is 5.56 Å². The van der Waals surface area contributed by atoms with E-state index in [1.54, 1.807) is 6.07 Å². The summed E-state index contributed by atoms with van der Waals surface area (Å²) in [5.41, 5.74) is 8.24. The van der Waals surface area contributed by atoms with E-state index in [0.717, 1.165) is 0 Å². The standard InChI is InChI=1S/C10H8FN3O/c1-15-9-5-4-8(10(11)7-9)3-2-6-13-14-12/h4-5,7H,6H2,1H3. The number of azide groups is 1. The lowest BCUT2D eigenvalue weighted by atomic mass is 10.2. The monoisotopic (exact) mass is 205 g/mol. The summed E-state index contributed by atoms with van der Waals surface area (Å²) < 4.78 is 18.1. The number of ether oxygens (including phenoxy) is 1. The average molecular weight is 205 g/mol. The summed E-state index contributed by atoms with van der Waals surface area (Å²) in [6, 6.07) is 4.37. The van der Waals surface area contributed by atoms with E-state index in [1.165, 1.54) is 19.2 Å². The van der Waals surface area contributed by atoms with Gasteiger partial charge in [-0.3, -0.25) is 0 Å². The summed E-state index contributed by atoms with van der Waals surface area (Å²) in [7, 11) is 1.46. The predicted octanol–water partition coefficient (Wildman–Crippen LogP) is 2.50. The van der Waals surface area contributed by atoms with E-state index in [0.29, 0.717) is 5.75 Å². The molecule has 76 valence electrons. The Morgan fingerprint density at radius 3 is 3.00 bits per heavy atom. The Hall–Kier alpha value is -2.18. The normalized spacial score (nSPS) is 8.40. The molecule has 0 saturated heterocycles. The maximum absolute atomic E-state index is 13.3. The van der Waals surface area contributed by atoms with Crippen LogP contribution in [0, 0.1) is 17.7 Å². The number of hydrogen-bond donors (Lipinski definition) is 0. The second-order valence-corrected chi connectivity index (χ2v) is 2.54. The van der Waals surface area contributed by atoms with Gasteiger partial charge in [0.2, 0.25) is 0 Å². The Bertz CT molecular complexity index is 455. The van der Waals surface area contributed by atoms with Crippen LogP contribution in [-0.4, -0.2) is 13.7 Å². The highest BCUT2D eigenvalue weighted by Gasteiger charge is 2.00. The lowest BCUT2D eigenvalue weighted by Gasteiger charge is -1.99. The van der Waals surface area contributed by atoms with Gasteiger partial charge in [0.15, 0.2) is 0 Å². The van der Waals surface area contributed by atoms with E-state index in [1.807, 2.05) is 0 Å². The predicted molar refractivity (Wildman–Crippen MR) is 53.8 cm³/mol. The molecule has 0 amide bonds. The maximum Gasteiger partial charge on any atom is 0.142 e. The zero-order valence-corrected chi connectivity index (χ0v) is 8.07. The number of halogens is 1. The van der Waals surface area contributed by atoms with Crippen molar-refractivity contribution >= 4 is 0 Å². The van der Waals surface area contributed by atoms with Crippen LogP contribution in [0.3, 0.4) is 0 Å². The molecule has 0 aliphatic heterocycles. The molecular formula is C10H8FN3O. The third kappa shape index (κ3) is 3.22. The van der Waals surface area contributed by atoms with E-state index in [2.05, 4.69) is 21.9 Å². The van der Waals surface area contributed by atoms with E-state index in [-0.39, 0.29) is 12.1 Å². The molecule has 4 nitrogen and oxygen atoms in total. The molecule has 0 aliphatic carbocycles. The number of hydrogen-bond acceptors (Lipinski definition) is 2. The molecule has 0 saturated carbocycles. The SMILES string of the molecule is COc1ccc(C#CCN=[N+]=[N-])c(F)c1. The minimum Gasteiger partial charge on any atom is -0.497 e. The zero-order valence-electron chi connectivity index (χ0n) is 8.07. The summed E-state index contributed by atoms with van der Waals surface area (Å²) in [6.07, 6.45) is 0. The summed E-state index contributed by atoms with van der Waals surface area (Å²) in [5, 5.41) is 3.21. The van der Waals surface area contributed by atoms with Gasteiger partial charge in [0.05, 0.1) is 19.2 Å². The van der Waals surface area contributed by atoms with Gasteiger partial charge in [-0.05, 0) is 17.7 Å². The Balaban J connectivity index is 2.85. The first-order chi connectivity index (χ1) is 7.27. The third-order valence-corrected chi connectivity index (χ3v) is 1.61. The molecule has 0 N–H and O–H groups in total. The van der Waals surface area contributed by atoms with Gasteiger partial charge in [0, 0.05) is 11.0 Å². The molecule has 0 aromatic heterocycles. The van der Waals surface area contributed by atoms with Gasteiger partial charge >= 0.3 is 0 Å². The molecule has 0 unspecified atom stereocenters. The highest BCUT2D eigenvalue weighted by Crippen LogP contribution is 2.15. The lowest BCUT2D eigenvalue weighted by molar-refractivity contribution is 0.411. The topological polar surface area (TPSA) is 58.0 Å². The summed E-state index contributed by atoms with van der Waals surface area (Å²) >= 11 is 0. The molecule has 0 bridgehead atoms. The van der Waals surface area contributed by atoms with Crippen LogP contribution < -0.4 is 4.74 Å². The smallest absolute Gasteiger partial charge is 0.142 e. The Morgan fingerprint density at radius 2 is 2.40 bits per heavy atom. The van der Waals surface area contributed by atoms with Gasteiger partial charge < -0.3 is 4.74 Å². The van der Waals surface area contributed by atoms with E-state index < -0.39 is 5.82 Å². The molecule has 1 aromatic carbocycles. The van der Waals surface area contributed by atoms with Gasteiger partial charge in [-0.25, -0.2) is 4.39 Å². The van der Waals surface area contributed by atoms with Crippen LogP contribution in [0.15, 0.2) is 23.3 Å². The minimum absolute atomic E-state index is 0.0297. The lowest BCUT2D eigenvalue weighted by Crippen LogP contribution is -1.87. The second kappa shape index (κ2) is 5.53. The fourth-order valence-electron chi connectivity index (χ4n) is 0.926. The molecule has 0 aliphatic rings. The zero-order chi connectivity index (χ0) is 11.1. The molecule has 5 heteroatoms. The highest BCUT2D eigenvalue weighted by molar-refractivity contribution is 5.39. The van der Waals surface area contributed by atoms with Crippen molar-refractivity contribution in [3.63, 3.8) is 0 Å². The van der Waals surface area contributed by atoms with Crippen LogP contribution in [0.5, 0.6) is 5.75 Å². The number of methoxy groups -OCH3 is 1. The summed E-state index contributed by atoms with van der Waals surface area (Å²) in [4.78, 5) is 2.53. The van der Waals surface area contributed by atoms with Crippen LogP contribution in [0.4, 0.5) is 4.39 Å². The van der Waals surface area contributed by atoms with Crippen molar-refractivity contribution in [1.82, 2.24) is 0 Å². The molecule has 0 radical (unpaired) electrons. The summed E-state index contributed by atoms with van der Waals surface area (Å²) in [6.45, 7) is 0.0297. The van der Waals surface area contributed by atoms with Gasteiger partial charge in [-0.2, -0.15) is 0 Å². The van der Waals surface area contributed by atoms with Crippen molar-refractivity contribution in [2.24, 2.45) is 5.11 Å². The Labute approximate surface area is 86.3 Å². The van der Waals surface area contributed by atoms with Crippen LogP contribution >= 0.6 is 0 Å². The fraction of sp³-hybridized carbons (Fsp3) is 0.200. The third-order valence-electron chi connectivity index (χ3n) is 1.61. The van der Waals surface area contributed by atoms with Gasteiger partial charge in [0.25, 0.3) is 0 Å². The van der Waals surface area contributed by atoms with E-state index in [4.69, 9.17) is 10.3 Å². The van der Waals surface area contributed by atoms with E-state index >= 15 is 0 Å². The Kier molecular flexibility index (Phi) is 4.02. The van der Waals surface area contributed by atoms with Crippen molar-refractivity contribution in [3.8, 4) is 17.6 Å². The van der Waals surface area contributed by atoms with Crippen molar-refractivity contribution < 1.29 is 9.13 Å². The second-order valence-electron chi connectivity index (χ2n) is 2.54. The highest BCUT2D eigenvalue weighted by atomic mass is 19.1. The van der Waals surface area contributed by atoms with Crippen LogP contribution in [-0.2, 0) is 0 Å². The molecule has 0 heterocycles. The maximum atomic E-state index is 13.3. The molecule has 0 spiro atoms. The fourth-order valence-corrected chi connectivity index (χ4v) is 0.926. The molecule has 1 aromatic rings.